The minimum atomic E-state index is -0.388. The van der Waals surface area contributed by atoms with Gasteiger partial charge in [0.1, 0.15) is 10.8 Å². The van der Waals surface area contributed by atoms with Gasteiger partial charge in [0.2, 0.25) is 0 Å². The van der Waals surface area contributed by atoms with E-state index in [1.165, 1.54) is 18.6 Å². The number of halogens is 2. The number of hydrogen-bond donors (Lipinski definition) is 0. The summed E-state index contributed by atoms with van der Waals surface area (Å²) in [5.41, 5.74) is 0.889. The number of aromatic nitrogens is 2. The zero-order valence-electron chi connectivity index (χ0n) is 11.6. The summed E-state index contributed by atoms with van der Waals surface area (Å²) in [6, 6.07) is 3.70. The minimum absolute atomic E-state index is 0.388. The first kappa shape index (κ1) is 15.0. The largest absolute Gasteiger partial charge is 0.332 e. The van der Waals surface area contributed by atoms with Gasteiger partial charge in [0.25, 0.3) is 0 Å². The van der Waals surface area contributed by atoms with E-state index in [0.29, 0.717) is 10.2 Å². The van der Waals surface area contributed by atoms with Crippen molar-refractivity contribution < 1.29 is 0 Å². The second-order valence-corrected chi connectivity index (χ2v) is 11.1. The summed E-state index contributed by atoms with van der Waals surface area (Å²) in [5.74, 6) is 1.32. The van der Waals surface area contributed by atoms with Crippen molar-refractivity contribution >= 4 is 44.3 Å². The summed E-state index contributed by atoms with van der Waals surface area (Å²) in [5, 5.41) is 2.11. The molecule has 0 saturated carbocycles. The Balaban J connectivity index is 2.05. The lowest BCUT2D eigenvalue weighted by molar-refractivity contribution is 0.648. The van der Waals surface area contributed by atoms with Gasteiger partial charge in [-0.1, -0.05) is 23.2 Å². The molecule has 0 atom stereocenters. The Morgan fingerprint density at radius 3 is 2.63 bits per heavy atom. The van der Waals surface area contributed by atoms with Gasteiger partial charge < -0.3 is 4.57 Å². The fourth-order valence-electron chi connectivity index (χ4n) is 2.09. The van der Waals surface area contributed by atoms with Crippen LogP contribution in [-0.2, 0) is 6.54 Å². The molecule has 0 spiro atoms. The summed E-state index contributed by atoms with van der Waals surface area (Å²) in [4.78, 5) is 4.37. The first-order valence-corrected chi connectivity index (χ1v) is 10.1. The van der Waals surface area contributed by atoms with E-state index in [2.05, 4.69) is 28.3 Å². The molecule has 2 nitrogen and oxygen atoms in total. The predicted molar refractivity (Wildman–Crippen MR) is 89.2 cm³/mol. The van der Waals surface area contributed by atoms with Crippen LogP contribution in [0.5, 0.6) is 0 Å². The molecule has 2 heterocycles. The summed E-state index contributed by atoms with van der Waals surface area (Å²) in [6.07, 6.45) is 11.5. The number of hydrogen-bond acceptors (Lipinski definition) is 1. The lowest BCUT2D eigenvalue weighted by Crippen LogP contribution is -2.02. The molecule has 0 unspecified atom stereocenters. The second kappa shape index (κ2) is 5.94. The molecule has 0 aliphatic rings. The summed E-state index contributed by atoms with van der Waals surface area (Å²) < 4.78 is 2.14. The highest BCUT2D eigenvalue weighted by atomic mass is 35.5. The van der Waals surface area contributed by atoms with Gasteiger partial charge in [-0.3, -0.25) is 0 Å². The first-order valence-electron chi connectivity index (χ1n) is 6.34. The molecule has 19 heavy (non-hydrogen) atoms. The van der Waals surface area contributed by atoms with Crippen LogP contribution >= 0.6 is 33.2 Å². The van der Waals surface area contributed by atoms with Gasteiger partial charge in [-0.05, 0) is 49.5 Å². The highest BCUT2D eigenvalue weighted by Crippen LogP contribution is 2.35. The molecule has 0 aromatic carbocycles. The number of fused-ring (bicyclic) bond motifs is 1. The molecule has 106 valence electrons. The quantitative estimate of drug-likeness (QED) is 0.571. The third-order valence-electron chi connectivity index (χ3n) is 3.06. The van der Waals surface area contributed by atoms with E-state index in [4.69, 9.17) is 23.2 Å². The van der Waals surface area contributed by atoms with E-state index in [-0.39, 0.29) is 10.0 Å². The maximum atomic E-state index is 6.16. The Morgan fingerprint density at radius 2 is 1.95 bits per heavy atom. The second-order valence-electron chi connectivity index (χ2n) is 5.68. The van der Waals surface area contributed by atoms with Crippen molar-refractivity contribution in [2.45, 2.75) is 19.4 Å². The third-order valence-corrected chi connectivity index (χ3v) is 5.08. The molecule has 0 radical (unpaired) electrons. The van der Waals surface area contributed by atoms with Crippen LogP contribution in [0.25, 0.3) is 11.0 Å². The highest BCUT2D eigenvalue weighted by molar-refractivity contribution is 8.32. The van der Waals surface area contributed by atoms with Gasteiger partial charge in [-0.2, -0.15) is 0 Å². The lowest BCUT2D eigenvalue weighted by Gasteiger charge is -2.24. The predicted octanol–water partition coefficient (Wildman–Crippen LogP) is 4.82. The average Bonchev–Trinajstić information content (AvgIpc) is 2.66. The number of pyridine rings is 1. The van der Waals surface area contributed by atoms with Crippen molar-refractivity contribution in [3.8, 4) is 0 Å². The van der Waals surface area contributed by atoms with Crippen molar-refractivity contribution in [3.63, 3.8) is 0 Å². The van der Waals surface area contributed by atoms with Crippen molar-refractivity contribution in [2.75, 3.05) is 24.5 Å². The average molecular weight is 319 g/mol. The van der Waals surface area contributed by atoms with Crippen LogP contribution in [0.15, 0.2) is 18.3 Å². The summed E-state index contributed by atoms with van der Waals surface area (Å²) >= 11 is 12.1. The highest BCUT2D eigenvalue weighted by Gasteiger charge is 2.08. The van der Waals surface area contributed by atoms with E-state index in [9.17, 15) is 0 Å². The Bertz CT molecular complexity index is 573. The summed E-state index contributed by atoms with van der Waals surface area (Å²) in [6.45, 7) is 0.975. The van der Waals surface area contributed by atoms with Crippen LogP contribution in [0.4, 0.5) is 0 Å². The third kappa shape index (κ3) is 4.04. The molecule has 0 saturated heterocycles. The SMILES string of the molecule is CS(C)(C)CCCCn1ccc2c(Cl)cc(Cl)nc21. The molecule has 0 amide bonds. The molecule has 0 N–H and O–H groups in total. The van der Waals surface area contributed by atoms with Crippen molar-refractivity contribution in [1.82, 2.24) is 9.55 Å². The smallest absolute Gasteiger partial charge is 0.143 e. The zero-order valence-corrected chi connectivity index (χ0v) is 13.9. The topological polar surface area (TPSA) is 17.8 Å². The van der Waals surface area contributed by atoms with Crippen molar-refractivity contribution in [3.05, 3.63) is 28.5 Å². The number of unbranched alkanes of at least 4 members (excludes halogenated alkanes) is 1. The van der Waals surface area contributed by atoms with E-state index < -0.39 is 0 Å². The van der Waals surface area contributed by atoms with Crippen LogP contribution in [0.1, 0.15) is 12.8 Å². The molecule has 2 aromatic heterocycles. The van der Waals surface area contributed by atoms with Crippen LogP contribution in [-0.4, -0.2) is 34.1 Å². The van der Waals surface area contributed by atoms with Gasteiger partial charge >= 0.3 is 0 Å². The van der Waals surface area contributed by atoms with E-state index in [0.717, 1.165) is 17.6 Å². The molecule has 2 aromatic rings. The molecule has 0 aliphatic heterocycles. The zero-order chi connectivity index (χ0) is 14.0. The molecule has 0 fully saturated rings. The normalized spacial score (nSPS) is 13.1. The van der Waals surface area contributed by atoms with E-state index >= 15 is 0 Å². The van der Waals surface area contributed by atoms with Gasteiger partial charge in [-0.15, -0.1) is 0 Å². The number of nitrogens with zero attached hydrogens (tertiary/aromatic N) is 2. The molecular formula is C14H20Cl2N2S. The first-order chi connectivity index (χ1) is 8.87. The van der Waals surface area contributed by atoms with Gasteiger partial charge in [0.15, 0.2) is 0 Å². The molecular weight excluding hydrogens is 299 g/mol. The molecule has 0 bridgehead atoms. The van der Waals surface area contributed by atoms with E-state index in [1.54, 1.807) is 6.07 Å². The van der Waals surface area contributed by atoms with Crippen LogP contribution < -0.4 is 0 Å². The Kier molecular flexibility index (Phi) is 4.70. The minimum Gasteiger partial charge on any atom is -0.332 e. The Morgan fingerprint density at radius 1 is 1.21 bits per heavy atom. The fraction of sp³-hybridized carbons (Fsp3) is 0.500. The standard InChI is InChI=1S/C14H20Cl2N2S/c1-19(2,3)9-5-4-7-18-8-6-11-12(15)10-13(16)17-14(11)18/h6,8,10H,4-5,7,9H2,1-3H3. The molecule has 5 heteroatoms. The maximum Gasteiger partial charge on any atom is 0.143 e. The number of aryl methyl sites for hydroxylation is 1. The molecule has 2 rings (SSSR count). The van der Waals surface area contributed by atoms with Gasteiger partial charge in [0.05, 0.1) is 5.02 Å². The Hall–Kier alpha value is -0.380. The van der Waals surface area contributed by atoms with Crippen molar-refractivity contribution in [1.29, 1.82) is 0 Å². The van der Waals surface area contributed by atoms with Gasteiger partial charge in [-0.25, -0.2) is 15.0 Å². The van der Waals surface area contributed by atoms with Crippen LogP contribution in [0.3, 0.4) is 0 Å². The summed E-state index contributed by atoms with van der Waals surface area (Å²) in [7, 11) is -0.388. The Labute approximate surface area is 126 Å². The number of rotatable bonds is 5. The van der Waals surface area contributed by atoms with Crippen LogP contribution in [0, 0.1) is 0 Å². The fourth-order valence-corrected chi connectivity index (χ4v) is 3.65. The van der Waals surface area contributed by atoms with Crippen molar-refractivity contribution in [2.24, 2.45) is 0 Å². The van der Waals surface area contributed by atoms with Crippen LogP contribution in [0.2, 0.25) is 10.2 Å². The van der Waals surface area contributed by atoms with E-state index in [1.807, 2.05) is 12.3 Å². The monoisotopic (exact) mass is 318 g/mol. The lowest BCUT2D eigenvalue weighted by atomic mass is 10.3. The maximum absolute atomic E-state index is 6.16. The molecule has 0 aliphatic carbocycles. The van der Waals surface area contributed by atoms with Gasteiger partial charge in [0, 0.05) is 18.1 Å².